The zero-order valence-electron chi connectivity index (χ0n) is 19.9. The number of carbonyl (C=O) groups is 1. The normalized spacial score (nSPS) is 11.4. The molecule has 0 aromatic heterocycles. The van der Waals surface area contributed by atoms with Crippen molar-refractivity contribution in [3.63, 3.8) is 0 Å². The lowest BCUT2D eigenvalue weighted by Crippen LogP contribution is -2.25. The van der Waals surface area contributed by atoms with Crippen molar-refractivity contribution >= 4 is 16.3 Å². The Kier molecular flexibility index (Phi) is 23.7. The summed E-state index contributed by atoms with van der Waals surface area (Å²) >= 11 is 0. The third-order valence-electron chi connectivity index (χ3n) is 4.82. The Morgan fingerprint density at radius 1 is 0.833 bits per heavy atom. The molecule has 0 bridgehead atoms. The van der Waals surface area contributed by atoms with Crippen molar-refractivity contribution < 1.29 is 21.9 Å². The Morgan fingerprint density at radius 3 is 1.70 bits per heavy atom. The average Bonchev–Trinajstić information content (AvgIpc) is 2.69. The summed E-state index contributed by atoms with van der Waals surface area (Å²) in [5.74, 6) is 0.296. The van der Waals surface area contributed by atoms with Crippen molar-refractivity contribution in [1.29, 1.82) is 0 Å². The zero-order chi connectivity index (χ0) is 23.1. The van der Waals surface area contributed by atoms with Gasteiger partial charge in [-0.2, -0.15) is 8.42 Å². The lowest BCUT2D eigenvalue weighted by Gasteiger charge is -2.13. The van der Waals surface area contributed by atoms with Crippen molar-refractivity contribution in [1.82, 2.24) is 4.90 Å². The molecule has 6 nitrogen and oxygen atoms in total. The third-order valence-corrected chi connectivity index (χ3v) is 5.35. The van der Waals surface area contributed by atoms with Gasteiger partial charge in [0.1, 0.15) is 0 Å². The van der Waals surface area contributed by atoms with Gasteiger partial charge in [-0.25, -0.2) is 4.18 Å². The summed E-state index contributed by atoms with van der Waals surface area (Å²) in [7, 11) is -2.29. The van der Waals surface area contributed by atoms with Gasteiger partial charge in [-0.1, -0.05) is 70.4 Å². The number of nitrogens with zero attached hydrogens (tertiary/aromatic N) is 1. The highest BCUT2D eigenvalue weighted by atomic mass is 32.3. The number of unbranched alkanes of at least 4 members (excludes halogenated alkanes) is 11. The van der Waals surface area contributed by atoms with E-state index in [1.54, 1.807) is 0 Å². The monoisotopic (exact) mass is 449 g/mol. The minimum Gasteiger partial charge on any atom is -0.346 e. The standard InChI is InChI=1S/C21H41NO.C2H6O4S/c1-4-6-7-8-9-10-11-12-13-14-15-16-17-18-19-20-21(23)22(3)5-2;1-2-6-7(3,4)5/h12-13H,4-11,14-20H2,1-3H3;2H2,1H3,(H,3,4,5)/b13-12-;. The molecule has 0 radical (unpaired) electrons. The molecule has 0 aliphatic heterocycles. The fourth-order valence-corrected chi connectivity index (χ4v) is 3.16. The largest absolute Gasteiger partial charge is 0.397 e. The first-order valence-electron chi connectivity index (χ1n) is 11.8. The van der Waals surface area contributed by atoms with Gasteiger partial charge < -0.3 is 4.90 Å². The molecule has 30 heavy (non-hydrogen) atoms. The molecule has 0 aromatic rings. The molecule has 0 saturated carbocycles. The number of hydrogen-bond donors (Lipinski definition) is 1. The van der Waals surface area contributed by atoms with Crippen LogP contribution in [0.4, 0.5) is 0 Å². The number of carbonyl (C=O) groups excluding carboxylic acids is 1. The summed E-state index contributed by atoms with van der Waals surface area (Å²) in [6.45, 7) is 6.56. The molecule has 0 aliphatic rings. The van der Waals surface area contributed by atoms with E-state index in [2.05, 4.69) is 23.3 Å². The van der Waals surface area contributed by atoms with Gasteiger partial charge in [0.15, 0.2) is 0 Å². The molecule has 0 atom stereocenters. The highest BCUT2D eigenvalue weighted by molar-refractivity contribution is 7.80. The van der Waals surface area contributed by atoms with Gasteiger partial charge in [0.05, 0.1) is 6.61 Å². The lowest BCUT2D eigenvalue weighted by atomic mass is 10.1. The van der Waals surface area contributed by atoms with Gasteiger partial charge in [-0.05, 0) is 46.0 Å². The summed E-state index contributed by atoms with van der Waals surface area (Å²) in [6, 6.07) is 0. The van der Waals surface area contributed by atoms with Crippen molar-refractivity contribution in [3.8, 4) is 0 Å². The minimum atomic E-state index is -4.17. The summed E-state index contributed by atoms with van der Waals surface area (Å²) < 4.78 is 30.7. The predicted octanol–water partition coefficient (Wildman–Crippen LogP) is 6.33. The summed E-state index contributed by atoms with van der Waals surface area (Å²) in [5, 5.41) is 0. The van der Waals surface area contributed by atoms with E-state index in [1.165, 1.54) is 84.0 Å². The summed E-state index contributed by atoms with van der Waals surface area (Å²) in [5.41, 5.74) is 0. The van der Waals surface area contributed by atoms with E-state index in [0.717, 1.165) is 19.4 Å². The number of allylic oxidation sites excluding steroid dienone is 2. The molecule has 1 amide bonds. The first-order valence-corrected chi connectivity index (χ1v) is 13.2. The zero-order valence-corrected chi connectivity index (χ0v) is 20.7. The van der Waals surface area contributed by atoms with E-state index < -0.39 is 10.4 Å². The Hall–Kier alpha value is -0.920. The topological polar surface area (TPSA) is 83.9 Å². The summed E-state index contributed by atoms with van der Waals surface area (Å²) in [6.07, 6.45) is 22.4. The molecular weight excluding hydrogens is 402 g/mol. The highest BCUT2D eigenvalue weighted by Gasteiger charge is 2.04. The Labute approximate surface area is 186 Å². The molecule has 1 N–H and O–H groups in total. The van der Waals surface area contributed by atoms with Crippen LogP contribution in [0.1, 0.15) is 111 Å². The number of rotatable bonds is 18. The van der Waals surface area contributed by atoms with Gasteiger partial charge in [0, 0.05) is 20.0 Å². The first-order chi connectivity index (χ1) is 14.3. The molecule has 0 spiro atoms. The summed E-state index contributed by atoms with van der Waals surface area (Å²) in [4.78, 5) is 13.4. The van der Waals surface area contributed by atoms with E-state index in [0.29, 0.717) is 5.91 Å². The Balaban J connectivity index is 0. The second-order valence-electron chi connectivity index (χ2n) is 7.58. The van der Waals surface area contributed by atoms with Crippen LogP contribution < -0.4 is 0 Å². The van der Waals surface area contributed by atoms with Crippen molar-refractivity contribution in [2.75, 3.05) is 20.2 Å². The molecule has 0 unspecified atom stereocenters. The van der Waals surface area contributed by atoms with Crippen LogP contribution in [0, 0.1) is 0 Å². The third kappa shape index (κ3) is 27.1. The van der Waals surface area contributed by atoms with Crippen molar-refractivity contribution in [2.24, 2.45) is 0 Å². The van der Waals surface area contributed by atoms with Crippen LogP contribution in [0.5, 0.6) is 0 Å². The minimum absolute atomic E-state index is 0.0289. The van der Waals surface area contributed by atoms with Crippen LogP contribution in [-0.4, -0.2) is 44.0 Å². The lowest BCUT2D eigenvalue weighted by molar-refractivity contribution is -0.129. The van der Waals surface area contributed by atoms with Crippen LogP contribution in [0.3, 0.4) is 0 Å². The second kappa shape index (κ2) is 22.8. The van der Waals surface area contributed by atoms with E-state index >= 15 is 0 Å². The first kappa shape index (κ1) is 31.3. The van der Waals surface area contributed by atoms with Gasteiger partial charge >= 0.3 is 10.4 Å². The van der Waals surface area contributed by atoms with Gasteiger partial charge in [-0.3, -0.25) is 9.35 Å². The Morgan fingerprint density at radius 2 is 1.30 bits per heavy atom. The fourth-order valence-electron chi connectivity index (χ4n) is 2.86. The molecule has 7 heteroatoms. The van der Waals surface area contributed by atoms with E-state index in [4.69, 9.17) is 4.55 Å². The Bertz CT molecular complexity index is 506. The molecule has 180 valence electrons. The maximum Gasteiger partial charge on any atom is 0.397 e. The van der Waals surface area contributed by atoms with Gasteiger partial charge in [0.2, 0.25) is 5.91 Å². The molecule has 0 saturated heterocycles. The van der Waals surface area contributed by atoms with E-state index in [-0.39, 0.29) is 6.61 Å². The van der Waals surface area contributed by atoms with Crippen LogP contribution in [0.15, 0.2) is 12.2 Å². The highest BCUT2D eigenvalue weighted by Crippen LogP contribution is 2.10. The van der Waals surface area contributed by atoms with Crippen LogP contribution >= 0.6 is 0 Å². The molecular formula is C23H47NO5S. The average molecular weight is 450 g/mol. The number of amides is 1. The smallest absolute Gasteiger partial charge is 0.346 e. The number of hydrogen-bond acceptors (Lipinski definition) is 4. The fraction of sp³-hybridized carbons (Fsp3) is 0.870. The maximum absolute atomic E-state index is 11.6. The van der Waals surface area contributed by atoms with Crippen molar-refractivity contribution in [2.45, 2.75) is 111 Å². The van der Waals surface area contributed by atoms with Crippen LogP contribution in [0.2, 0.25) is 0 Å². The molecule has 0 rings (SSSR count). The van der Waals surface area contributed by atoms with Crippen LogP contribution in [-0.2, 0) is 19.4 Å². The molecule has 0 fully saturated rings. The maximum atomic E-state index is 11.6. The molecule has 0 aromatic carbocycles. The van der Waals surface area contributed by atoms with Gasteiger partial charge in [-0.15, -0.1) is 0 Å². The van der Waals surface area contributed by atoms with E-state index in [9.17, 15) is 13.2 Å². The second-order valence-corrected chi connectivity index (χ2v) is 8.67. The quantitative estimate of drug-likeness (QED) is 0.150. The van der Waals surface area contributed by atoms with E-state index in [1.807, 2.05) is 18.9 Å². The molecule has 0 aliphatic carbocycles. The SMILES string of the molecule is CCCCCCCC/C=C\CCCCCCCC(=O)N(C)CC.CCOS(=O)(=O)O. The molecule has 0 heterocycles. The van der Waals surface area contributed by atoms with Crippen molar-refractivity contribution in [3.05, 3.63) is 12.2 Å². The van der Waals surface area contributed by atoms with Crippen LogP contribution in [0.25, 0.3) is 0 Å². The predicted molar refractivity (Wildman–Crippen MR) is 126 cm³/mol. The van der Waals surface area contributed by atoms with Gasteiger partial charge in [0.25, 0.3) is 0 Å².